The van der Waals surface area contributed by atoms with E-state index in [9.17, 15) is 0 Å². The maximum absolute atomic E-state index is 8.56. The van der Waals surface area contributed by atoms with Gasteiger partial charge in [-0.2, -0.15) is 0 Å². The largest absolute Gasteiger partial charge is 2.00 e. The van der Waals surface area contributed by atoms with Crippen LogP contribution in [0.4, 0.5) is 9.59 Å². The molecule has 0 spiro atoms. The van der Waals surface area contributed by atoms with Gasteiger partial charge in [0.15, 0.2) is 0 Å². The average molecular weight is 297 g/mol. The second kappa shape index (κ2) is 43.8. The summed E-state index contributed by atoms with van der Waals surface area (Å²) in [4.78, 5) is 16.9. The van der Waals surface area contributed by atoms with Gasteiger partial charge in [-0.05, 0) is 6.16 Å². The van der Waals surface area contributed by atoms with Crippen molar-refractivity contribution in [1.82, 2.24) is 24.6 Å². The number of rotatable bonds is 0. The number of hydrogen-bond acceptors (Lipinski definition) is 8. The van der Waals surface area contributed by atoms with E-state index in [-0.39, 0.29) is 45.0 Å². The van der Waals surface area contributed by atoms with Crippen molar-refractivity contribution in [3.8, 4) is 0 Å². The van der Waals surface area contributed by atoms with Crippen molar-refractivity contribution < 1.29 is 50.4 Å². The van der Waals surface area contributed by atoms with Crippen LogP contribution < -0.4 is 34.8 Å². The van der Waals surface area contributed by atoms with E-state index in [0.29, 0.717) is 0 Å². The minimum absolute atomic E-state index is 0. The van der Waals surface area contributed by atoms with Gasteiger partial charge in [-0.1, -0.05) is 0 Å². The number of carboxylic acid groups (broad SMARTS) is 4. The topological polar surface area (TPSA) is 261 Å². The van der Waals surface area contributed by atoms with Gasteiger partial charge in [-0.25, -0.2) is 4.79 Å². The van der Waals surface area contributed by atoms with E-state index in [0.717, 1.165) is 0 Å². The van der Waals surface area contributed by atoms with Gasteiger partial charge < -0.3 is 49.8 Å². The van der Waals surface area contributed by atoms with Gasteiger partial charge in [0.1, 0.15) is 0 Å². The van der Waals surface area contributed by atoms with Crippen LogP contribution in [0.15, 0.2) is 0 Å². The van der Waals surface area contributed by atoms with Crippen molar-refractivity contribution in [2.24, 2.45) is 0 Å². The first-order chi connectivity index (χ1) is 3.46. The Morgan fingerprint density at radius 2 is 0.846 bits per heavy atom. The summed E-state index contributed by atoms with van der Waals surface area (Å²) in [5.74, 6) is 0. The number of hydrogen-bond donors (Lipinski definition) is 6. The summed E-state index contributed by atoms with van der Waals surface area (Å²) in [7, 11) is 0. The predicted octanol–water partition coefficient (Wildman–Crippen LogP) is -1.58. The minimum Gasteiger partial charge on any atom is -0.652 e. The first-order valence-electron chi connectivity index (χ1n) is 1.26. The fourth-order valence-corrected chi connectivity index (χ4v) is 0. The second-order valence-corrected chi connectivity index (χ2v) is 0.533. The molecule has 0 bridgehead atoms. The van der Waals surface area contributed by atoms with Gasteiger partial charge in [0.25, 0.3) is 0 Å². The fourth-order valence-electron chi connectivity index (χ4n) is 0. The zero-order valence-corrected chi connectivity index (χ0v) is 8.23. The summed E-state index contributed by atoms with van der Waals surface area (Å²) in [6, 6.07) is 0. The van der Waals surface area contributed by atoms with E-state index in [4.69, 9.17) is 30.0 Å². The van der Waals surface area contributed by atoms with E-state index < -0.39 is 12.3 Å². The molecule has 0 rings (SSSR count). The summed E-state index contributed by atoms with van der Waals surface area (Å²) in [5.41, 5.74) is 0. The molecule has 0 fully saturated rings. The van der Waals surface area contributed by atoms with Crippen LogP contribution in [0.2, 0.25) is 0 Å². The Morgan fingerprint density at radius 3 is 0.846 bits per heavy atom. The molecule has 0 unspecified atom stereocenters. The van der Waals surface area contributed by atoms with E-state index in [2.05, 4.69) is 0 Å². The Morgan fingerprint density at radius 1 is 0.846 bits per heavy atom. The molecular formula is C2H14N4O6Pd. The average Bonchev–Trinajstić information content (AvgIpc) is 1.25. The van der Waals surface area contributed by atoms with E-state index in [1.807, 2.05) is 0 Å². The summed E-state index contributed by atoms with van der Waals surface area (Å²) in [6.45, 7) is 0. The summed E-state index contributed by atoms with van der Waals surface area (Å²) in [6.07, 6.45) is -4.17. The molecule has 10 nitrogen and oxygen atoms in total. The van der Waals surface area contributed by atoms with Crippen molar-refractivity contribution in [2.75, 3.05) is 0 Å². The third-order valence-electron chi connectivity index (χ3n) is 0. The molecule has 0 saturated carbocycles. The van der Waals surface area contributed by atoms with Crippen LogP contribution in [0, 0.1) is 0 Å². The summed E-state index contributed by atoms with van der Waals surface area (Å²) >= 11 is 0. The smallest absolute Gasteiger partial charge is 0.652 e. The standard InChI is InChI=1S/2CH2O3.4H3N.Pd/c2*2-1(3)4;;;;;/h2*(H2,2,3,4);4*1H3;/q;;;;;;+2/p-2. The van der Waals surface area contributed by atoms with Gasteiger partial charge in [0.05, 0.1) is 0 Å². The Hall–Kier alpha value is -0.958. The molecule has 0 aliphatic heterocycles. The molecule has 13 heavy (non-hydrogen) atoms. The summed E-state index contributed by atoms with van der Waals surface area (Å²) < 4.78 is 0. The molecule has 0 saturated heterocycles. The number of carbonyl (C=O) groups excluding carboxylic acids is 1. The third-order valence-corrected chi connectivity index (χ3v) is 0. The normalized spacial score (nSPS) is 3.69. The molecule has 0 aliphatic carbocycles. The van der Waals surface area contributed by atoms with Gasteiger partial charge in [-0.3, -0.25) is 0 Å². The molecule has 0 heterocycles. The zero-order chi connectivity index (χ0) is 7.15. The van der Waals surface area contributed by atoms with Crippen molar-refractivity contribution in [3.05, 3.63) is 0 Å². The van der Waals surface area contributed by atoms with E-state index in [1.165, 1.54) is 0 Å². The SMILES string of the molecule is N.N.N.N.O=C(O)O.O=C([O-])[O-].[Pd+2]. The quantitative estimate of drug-likeness (QED) is 0.279. The molecule has 14 N–H and O–H groups in total. The van der Waals surface area contributed by atoms with Crippen molar-refractivity contribution >= 4 is 12.3 Å². The Labute approximate surface area is 87.9 Å². The molecule has 0 aliphatic rings. The van der Waals surface area contributed by atoms with Crippen LogP contribution in [0.3, 0.4) is 0 Å². The monoisotopic (exact) mass is 296 g/mol. The first kappa shape index (κ1) is 57.8. The molecule has 0 amide bonds. The van der Waals surface area contributed by atoms with Gasteiger partial charge in [0, 0.05) is 0 Å². The molecule has 0 aromatic carbocycles. The minimum atomic E-state index is -2.33. The maximum Gasteiger partial charge on any atom is 2.00 e. The van der Waals surface area contributed by atoms with Crippen LogP contribution in [0.5, 0.6) is 0 Å². The predicted molar refractivity (Wildman–Crippen MR) is 36.1 cm³/mol. The van der Waals surface area contributed by atoms with Crippen molar-refractivity contribution in [2.45, 2.75) is 0 Å². The van der Waals surface area contributed by atoms with Crippen LogP contribution >= 0.6 is 0 Å². The first-order valence-corrected chi connectivity index (χ1v) is 1.26. The second-order valence-electron chi connectivity index (χ2n) is 0.533. The molecule has 0 aromatic heterocycles. The molecule has 0 atom stereocenters. The third kappa shape index (κ3) is 984. The van der Waals surface area contributed by atoms with Crippen molar-refractivity contribution in [1.29, 1.82) is 0 Å². The molecule has 0 radical (unpaired) electrons. The van der Waals surface area contributed by atoms with Crippen LogP contribution in [0.25, 0.3) is 0 Å². The van der Waals surface area contributed by atoms with Gasteiger partial charge in [-0.15, -0.1) is 0 Å². The Kier molecular flexibility index (Phi) is 195. The molecule has 88 valence electrons. The van der Waals surface area contributed by atoms with Crippen LogP contribution in [-0.2, 0) is 20.4 Å². The molecule has 11 heteroatoms. The van der Waals surface area contributed by atoms with Crippen LogP contribution in [-0.4, -0.2) is 22.5 Å². The Bertz CT molecular complexity index is 80.6. The van der Waals surface area contributed by atoms with Crippen LogP contribution in [0.1, 0.15) is 0 Å². The summed E-state index contributed by atoms with van der Waals surface area (Å²) in [5, 5.41) is 30.6. The zero-order valence-electron chi connectivity index (χ0n) is 6.67. The molecular weight excluding hydrogens is 282 g/mol. The fraction of sp³-hybridized carbons (Fsp3) is 0. The van der Waals surface area contributed by atoms with Gasteiger partial charge in [0.2, 0.25) is 0 Å². The Balaban J connectivity index is -0.00000000800. The molecule has 0 aromatic rings. The maximum atomic E-state index is 8.56. The van der Waals surface area contributed by atoms with Gasteiger partial charge >= 0.3 is 26.6 Å². The van der Waals surface area contributed by atoms with Crippen molar-refractivity contribution in [3.63, 3.8) is 0 Å². The van der Waals surface area contributed by atoms with E-state index in [1.54, 1.807) is 0 Å². The number of carbonyl (C=O) groups is 2. The van der Waals surface area contributed by atoms with E-state index >= 15 is 0 Å².